The van der Waals surface area contributed by atoms with Gasteiger partial charge in [0.2, 0.25) is 6.41 Å². The number of rotatable bonds is 5. The van der Waals surface area contributed by atoms with Crippen molar-refractivity contribution in [1.82, 2.24) is 14.8 Å². The Morgan fingerprint density at radius 2 is 2.05 bits per heavy atom. The number of carbonyl (C=O) groups excluding carboxylic acids is 1. The molecule has 0 aliphatic heterocycles. The summed E-state index contributed by atoms with van der Waals surface area (Å²) in [5, 5.41) is 8.46. The number of nitrogens with one attached hydrogen (secondary N) is 1. The molecule has 1 aromatic carbocycles. The molecule has 0 saturated carbocycles. The number of carbonyl (C=O) groups is 1. The molecule has 0 unspecified atom stereocenters. The van der Waals surface area contributed by atoms with E-state index in [4.69, 9.17) is 5.10 Å². The van der Waals surface area contributed by atoms with Gasteiger partial charge >= 0.3 is 0 Å². The number of aryl methyl sites for hydroxylation is 2. The summed E-state index contributed by atoms with van der Waals surface area (Å²) in [6.07, 6.45) is 1.51. The number of aromatic nitrogens is 3. The Morgan fingerprint density at radius 1 is 1.23 bits per heavy atom. The monoisotopic (exact) mass is 294 g/mol. The minimum Gasteiger partial charge on any atom is -0.328 e. The Hall–Kier alpha value is -2.69. The molecule has 0 aliphatic carbocycles. The van der Waals surface area contributed by atoms with Gasteiger partial charge in [-0.2, -0.15) is 5.10 Å². The van der Waals surface area contributed by atoms with Crippen molar-refractivity contribution in [1.29, 1.82) is 0 Å². The molecule has 0 aliphatic rings. The first-order valence-corrected chi connectivity index (χ1v) is 7.34. The number of anilines is 1. The maximum atomic E-state index is 10.8. The summed E-state index contributed by atoms with van der Waals surface area (Å²) in [6, 6.07) is 11.8. The quantitative estimate of drug-likeness (QED) is 0.736. The minimum absolute atomic E-state index is 0.614. The minimum atomic E-state index is 0.614. The Kier molecular flexibility index (Phi) is 3.87. The van der Waals surface area contributed by atoms with Crippen molar-refractivity contribution in [3.05, 3.63) is 53.5 Å². The van der Waals surface area contributed by atoms with Crippen molar-refractivity contribution in [2.75, 3.05) is 5.32 Å². The fourth-order valence-electron chi connectivity index (χ4n) is 2.70. The zero-order chi connectivity index (χ0) is 15.5. The number of pyridine rings is 1. The number of amides is 1. The Morgan fingerprint density at radius 3 is 2.77 bits per heavy atom. The highest BCUT2D eigenvalue weighted by atomic mass is 16.1. The smallest absolute Gasteiger partial charge is 0.211 e. The van der Waals surface area contributed by atoms with Gasteiger partial charge in [-0.25, -0.2) is 0 Å². The van der Waals surface area contributed by atoms with E-state index in [1.165, 1.54) is 0 Å². The Labute approximate surface area is 129 Å². The van der Waals surface area contributed by atoms with E-state index < -0.39 is 0 Å². The number of hydrogen-bond donors (Lipinski definition) is 1. The van der Waals surface area contributed by atoms with Crippen molar-refractivity contribution in [3.63, 3.8) is 0 Å². The maximum absolute atomic E-state index is 10.8. The van der Waals surface area contributed by atoms with Crippen LogP contribution in [-0.4, -0.2) is 21.2 Å². The first-order chi connectivity index (χ1) is 10.7. The van der Waals surface area contributed by atoms with Crippen LogP contribution >= 0.6 is 0 Å². The zero-order valence-corrected chi connectivity index (χ0v) is 12.7. The summed E-state index contributed by atoms with van der Waals surface area (Å²) < 4.78 is 1.95. The van der Waals surface area contributed by atoms with Gasteiger partial charge in [0.25, 0.3) is 0 Å². The molecule has 22 heavy (non-hydrogen) atoms. The van der Waals surface area contributed by atoms with Crippen LogP contribution in [0.4, 0.5) is 5.69 Å². The predicted molar refractivity (Wildman–Crippen MR) is 86.9 cm³/mol. The SMILES string of the molecule is CCc1nn(Cc2cccc(C)n2)c2cccc(NC=O)c12. The summed E-state index contributed by atoms with van der Waals surface area (Å²) in [6.45, 7) is 4.66. The van der Waals surface area contributed by atoms with E-state index in [9.17, 15) is 4.79 Å². The molecule has 0 spiro atoms. The summed E-state index contributed by atoms with van der Waals surface area (Å²) in [5.41, 5.74) is 4.75. The van der Waals surface area contributed by atoms with Crippen LogP contribution in [-0.2, 0) is 17.8 Å². The molecule has 0 saturated heterocycles. The molecule has 3 aromatic rings. The molecule has 2 aromatic heterocycles. The molecule has 1 amide bonds. The first kappa shape index (κ1) is 14.3. The zero-order valence-electron chi connectivity index (χ0n) is 12.7. The lowest BCUT2D eigenvalue weighted by Crippen LogP contribution is -2.04. The number of hydrogen-bond acceptors (Lipinski definition) is 3. The second-order valence-electron chi connectivity index (χ2n) is 5.19. The molecule has 112 valence electrons. The summed E-state index contributed by atoms with van der Waals surface area (Å²) >= 11 is 0. The third kappa shape index (κ3) is 2.57. The molecule has 0 bridgehead atoms. The van der Waals surface area contributed by atoms with Crippen LogP contribution in [0.25, 0.3) is 10.9 Å². The molecule has 5 heteroatoms. The van der Waals surface area contributed by atoms with Crippen LogP contribution in [0.2, 0.25) is 0 Å². The predicted octanol–water partition coefficient (Wildman–Crippen LogP) is 2.92. The van der Waals surface area contributed by atoms with Gasteiger partial charge in [0.05, 0.1) is 29.1 Å². The first-order valence-electron chi connectivity index (χ1n) is 7.34. The molecule has 0 atom stereocenters. The standard InChI is InChI=1S/C17H18N4O/c1-3-14-17-15(18-11-22)8-5-9-16(17)21(20-14)10-13-7-4-6-12(2)19-13/h4-9,11H,3,10H2,1-2H3,(H,18,22). The number of nitrogens with zero attached hydrogens (tertiary/aromatic N) is 3. The van der Waals surface area contributed by atoms with Crippen molar-refractivity contribution in [3.8, 4) is 0 Å². The number of benzene rings is 1. The van der Waals surface area contributed by atoms with E-state index in [0.717, 1.165) is 40.1 Å². The van der Waals surface area contributed by atoms with E-state index in [1.54, 1.807) is 0 Å². The third-order valence-electron chi connectivity index (χ3n) is 3.66. The summed E-state index contributed by atoms with van der Waals surface area (Å²) in [5.74, 6) is 0. The van der Waals surface area contributed by atoms with Crippen molar-refractivity contribution in [2.45, 2.75) is 26.8 Å². The van der Waals surface area contributed by atoms with E-state index in [0.29, 0.717) is 13.0 Å². The molecular weight excluding hydrogens is 276 g/mol. The highest BCUT2D eigenvalue weighted by Gasteiger charge is 2.13. The van der Waals surface area contributed by atoms with Crippen LogP contribution < -0.4 is 5.32 Å². The lowest BCUT2D eigenvalue weighted by Gasteiger charge is -2.05. The molecule has 5 nitrogen and oxygen atoms in total. The van der Waals surface area contributed by atoms with Gasteiger partial charge < -0.3 is 5.32 Å². The highest BCUT2D eigenvalue weighted by molar-refractivity contribution is 5.97. The van der Waals surface area contributed by atoms with Gasteiger partial charge in [-0.1, -0.05) is 19.1 Å². The van der Waals surface area contributed by atoms with Gasteiger partial charge in [-0.05, 0) is 37.6 Å². The molecule has 1 N–H and O–H groups in total. The molecule has 0 fully saturated rings. The third-order valence-corrected chi connectivity index (χ3v) is 3.66. The van der Waals surface area contributed by atoms with Gasteiger partial charge in [0.1, 0.15) is 0 Å². The Bertz CT molecular complexity index is 823. The van der Waals surface area contributed by atoms with Crippen LogP contribution in [0.5, 0.6) is 0 Å². The molecule has 0 radical (unpaired) electrons. The summed E-state index contributed by atoms with van der Waals surface area (Å²) in [7, 11) is 0. The van der Waals surface area contributed by atoms with Gasteiger partial charge in [-0.3, -0.25) is 14.5 Å². The molecule has 2 heterocycles. The number of fused-ring (bicyclic) bond motifs is 1. The fourth-order valence-corrected chi connectivity index (χ4v) is 2.70. The van der Waals surface area contributed by atoms with Crippen LogP contribution in [0.1, 0.15) is 24.0 Å². The lowest BCUT2D eigenvalue weighted by molar-refractivity contribution is -0.105. The second-order valence-corrected chi connectivity index (χ2v) is 5.19. The van der Waals surface area contributed by atoms with E-state index in [2.05, 4.69) is 17.2 Å². The normalized spacial score (nSPS) is 10.8. The highest BCUT2D eigenvalue weighted by Crippen LogP contribution is 2.27. The van der Waals surface area contributed by atoms with Crippen LogP contribution in [0, 0.1) is 6.92 Å². The van der Waals surface area contributed by atoms with Crippen molar-refractivity contribution in [2.24, 2.45) is 0 Å². The van der Waals surface area contributed by atoms with E-state index in [-0.39, 0.29) is 0 Å². The van der Waals surface area contributed by atoms with E-state index in [1.807, 2.05) is 48.0 Å². The van der Waals surface area contributed by atoms with Crippen LogP contribution in [0.15, 0.2) is 36.4 Å². The average molecular weight is 294 g/mol. The Balaban J connectivity index is 2.10. The van der Waals surface area contributed by atoms with Gasteiger partial charge in [0.15, 0.2) is 0 Å². The van der Waals surface area contributed by atoms with Crippen LogP contribution in [0.3, 0.4) is 0 Å². The average Bonchev–Trinajstić information content (AvgIpc) is 2.87. The maximum Gasteiger partial charge on any atom is 0.211 e. The second kappa shape index (κ2) is 5.97. The van der Waals surface area contributed by atoms with Gasteiger partial charge in [-0.15, -0.1) is 0 Å². The van der Waals surface area contributed by atoms with Gasteiger partial charge in [0, 0.05) is 11.1 Å². The van der Waals surface area contributed by atoms with Crippen molar-refractivity contribution < 1.29 is 4.79 Å². The van der Waals surface area contributed by atoms with Crippen molar-refractivity contribution >= 4 is 23.0 Å². The lowest BCUT2D eigenvalue weighted by atomic mass is 10.1. The van der Waals surface area contributed by atoms with E-state index >= 15 is 0 Å². The molecular formula is C17H18N4O. The summed E-state index contributed by atoms with van der Waals surface area (Å²) in [4.78, 5) is 15.3. The fraction of sp³-hybridized carbons (Fsp3) is 0.235. The topological polar surface area (TPSA) is 59.8 Å². The molecule has 3 rings (SSSR count). The largest absolute Gasteiger partial charge is 0.328 e.